The third-order valence-electron chi connectivity index (χ3n) is 6.74. The number of hydrogen-bond acceptors (Lipinski definition) is 0. The van der Waals surface area contributed by atoms with Gasteiger partial charge in [0.1, 0.15) is 0 Å². The lowest BCUT2D eigenvalue weighted by Crippen LogP contribution is -2.22. The van der Waals surface area contributed by atoms with Gasteiger partial charge in [-0.25, -0.2) is 0 Å². The van der Waals surface area contributed by atoms with E-state index in [0.29, 0.717) is 5.92 Å². The Bertz CT molecular complexity index is 984. The molecule has 134 valence electrons. The molecule has 0 saturated carbocycles. The number of aryl methyl sites for hydroxylation is 2. The van der Waals surface area contributed by atoms with Crippen LogP contribution in [0.5, 0.6) is 0 Å². The lowest BCUT2D eigenvalue weighted by atomic mass is 9.83. The van der Waals surface area contributed by atoms with Gasteiger partial charge in [0, 0.05) is 0 Å². The minimum Gasteiger partial charge on any atom is -0.0908 e. The fraction of sp³-hybridized carbons (Fsp3) is 0.440. The normalized spacial score (nSPS) is 14.0. The van der Waals surface area contributed by atoms with Gasteiger partial charge in [0.2, 0.25) is 0 Å². The topological polar surface area (TPSA) is 0 Å². The minimum absolute atomic E-state index is 0.588. The first kappa shape index (κ1) is 19.5. The zero-order valence-electron chi connectivity index (χ0n) is 17.7. The average molecular weight is 335 g/mol. The first-order valence-electron chi connectivity index (χ1n) is 9.44. The van der Waals surface area contributed by atoms with Crippen LogP contribution in [-0.2, 0) is 0 Å². The van der Waals surface area contributed by atoms with Crippen molar-refractivity contribution in [2.75, 3.05) is 0 Å². The van der Waals surface area contributed by atoms with E-state index in [-0.39, 0.29) is 0 Å². The van der Waals surface area contributed by atoms with Crippen LogP contribution < -0.4 is 10.4 Å². The molecular weight excluding hydrogens is 300 g/mol. The van der Waals surface area contributed by atoms with E-state index in [1.165, 1.54) is 60.5 Å². The van der Waals surface area contributed by atoms with Gasteiger partial charge in [-0.2, -0.15) is 0 Å². The van der Waals surface area contributed by atoms with E-state index in [9.17, 15) is 0 Å². The van der Waals surface area contributed by atoms with Gasteiger partial charge in [-0.1, -0.05) is 32.6 Å². The van der Waals surface area contributed by atoms with Crippen molar-refractivity contribution < 1.29 is 0 Å². The van der Waals surface area contributed by atoms with Crippen LogP contribution in [0.1, 0.15) is 67.5 Å². The van der Waals surface area contributed by atoms with Gasteiger partial charge >= 0.3 is 0 Å². The molecule has 2 aromatic rings. The molecule has 1 atom stereocenters. The van der Waals surface area contributed by atoms with Crippen molar-refractivity contribution >= 4 is 29.5 Å². The highest BCUT2D eigenvalue weighted by Crippen LogP contribution is 2.29. The summed E-state index contributed by atoms with van der Waals surface area (Å²) < 4.78 is 0. The Kier molecular flexibility index (Phi) is 5.33. The Balaban J connectivity index is 3.12. The smallest absolute Gasteiger partial charge is 0.00705 e. The maximum atomic E-state index is 4.55. The molecule has 0 amide bonds. The summed E-state index contributed by atoms with van der Waals surface area (Å²) in [5.41, 5.74) is 10.9. The molecule has 0 radical (unpaired) electrons. The molecule has 0 spiro atoms. The van der Waals surface area contributed by atoms with Gasteiger partial charge in [0.05, 0.1) is 0 Å². The molecule has 0 heteroatoms. The van der Waals surface area contributed by atoms with Crippen LogP contribution in [0.4, 0.5) is 0 Å². The lowest BCUT2D eigenvalue weighted by Gasteiger charge is -2.21. The minimum atomic E-state index is 0.588. The molecule has 0 aliphatic rings. The van der Waals surface area contributed by atoms with E-state index in [4.69, 9.17) is 0 Å². The Hall–Kier alpha value is -1.82. The van der Waals surface area contributed by atoms with E-state index in [2.05, 4.69) is 75.5 Å². The van der Waals surface area contributed by atoms with E-state index in [0.717, 1.165) is 11.6 Å². The second kappa shape index (κ2) is 6.83. The molecule has 0 fully saturated rings. The Morgan fingerprint density at radius 2 is 1.20 bits per heavy atom. The third-order valence-corrected chi connectivity index (χ3v) is 6.74. The first-order chi connectivity index (χ1) is 11.6. The maximum Gasteiger partial charge on any atom is -0.00705 e. The molecular formula is C25H34. The summed E-state index contributed by atoms with van der Waals surface area (Å²) in [5, 5.41) is 4.95. The molecule has 0 aliphatic heterocycles. The first-order valence-corrected chi connectivity index (χ1v) is 9.44. The molecule has 0 nitrogen and oxygen atoms in total. The number of fused-ring (bicyclic) bond motifs is 1. The van der Waals surface area contributed by atoms with Crippen LogP contribution in [-0.4, -0.2) is 0 Å². The molecule has 0 aromatic heterocycles. The monoisotopic (exact) mass is 334 g/mol. The molecule has 0 bridgehead atoms. The third kappa shape index (κ3) is 2.86. The highest BCUT2D eigenvalue weighted by molar-refractivity contribution is 5.95. The number of benzene rings is 2. The molecule has 25 heavy (non-hydrogen) atoms. The van der Waals surface area contributed by atoms with E-state index in [1.54, 1.807) is 0 Å². The Morgan fingerprint density at radius 3 is 1.64 bits per heavy atom. The van der Waals surface area contributed by atoms with Crippen molar-refractivity contribution in [1.29, 1.82) is 0 Å². The maximum absolute atomic E-state index is 4.55. The summed E-state index contributed by atoms with van der Waals surface area (Å²) in [6, 6.07) is 0. The Morgan fingerprint density at radius 1 is 0.760 bits per heavy atom. The highest BCUT2D eigenvalue weighted by atomic mass is 14.2. The molecule has 1 unspecified atom stereocenters. The molecule has 0 heterocycles. The van der Waals surface area contributed by atoms with Crippen LogP contribution in [0.25, 0.3) is 29.5 Å². The summed E-state index contributed by atoms with van der Waals surface area (Å²) in [6.07, 6.45) is 1.16. The van der Waals surface area contributed by atoms with Gasteiger partial charge in [-0.3, -0.25) is 0 Å². The van der Waals surface area contributed by atoms with Crippen LogP contribution in [0.3, 0.4) is 0 Å². The standard InChI is InChI=1S/C25H34/c1-12-13(2)14(3)17(6)23-20(9)21(10)24-18(7)15(4)16(5)19(8)25(24)22(23)11/h13H,10-12H2,1-9H3. The second-order valence-electron chi connectivity index (χ2n) is 7.82. The molecule has 2 rings (SSSR count). The van der Waals surface area contributed by atoms with Crippen molar-refractivity contribution in [3.8, 4) is 0 Å². The molecule has 0 aliphatic carbocycles. The van der Waals surface area contributed by atoms with Gasteiger partial charge < -0.3 is 0 Å². The van der Waals surface area contributed by atoms with E-state index >= 15 is 0 Å². The van der Waals surface area contributed by atoms with E-state index in [1.807, 2.05) is 0 Å². The van der Waals surface area contributed by atoms with Crippen LogP contribution in [0, 0.1) is 40.5 Å². The number of rotatable bonds is 3. The molecule has 0 N–H and O–H groups in total. The van der Waals surface area contributed by atoms with Crippen molar-refractivity contribution in [3.05, 3.63) is 49.4 Å². The lowest BCUT2D eigenvalue weighted by molar-refractivity contribution is 0.657. The predicted octanol–water partition coefficient (Wildman–Crippen LogP) is 6.04. The van der Waals surface area contributed by atoms with Gasteiger partial charge in [-0.15, -0.1) is 0 Å². The van der Waals surface area contributed by atoms with Gasteiger partial charge in [-0.05, 0) is 121 Å². The SMILES string of the molecule is C=c1c(C)c(C(C)=C(C)C(C)CC)c(=C)c2c(C)c(C)c(C)c(C)c12. The molecule has 2 aromatic carbocycles. The van der Waals surface area contributed by atoms with E-state index < -0.39 is 0 Å². The number of allylic oxidation sites excluding steroid dienone is 2. The summed E-state index contributed by atoms with van der Waals surface area (Å²) in [4.78, 5) is 0. The van der Waals surface area contributed by atoms with Crippen molar-refractivity contribution in [2.45, 2.75) is 68.7 Å². The van der Waals surface area contributed by atoms with Gasteiger partial charge in [0.15, 0.2) is 0 Å². The Labute approximate surface area is 154 Å². The van der Waals surface area contributed by atoms with Crippen LogP contribution in [0.2, 0.25) is 0 Å². The molecule has 0 saturated heterocycles. The summed E-state index contributed by atoms with van der Waals surface area (Å²) >= 11 is 0. The van der Waals surface area contributed by atoms with Crippen molar-refractivity contribution in [2.24, 2.45) is 5.92 Å². The van der Waals surface area contributed by atoms with Crippen molar-refractivity contribution in [1.82, 2.24) is 0 Å². The van der Waals surface area contributed by atoms with Crippen molar-refractivity contribution in [3.63, 3.8) is 0 Å². The average Bonchev–Trinajstić information content (AvgIpc) is 2.59. The number of hydrogen-bond donors (Lipinski definition) is 0. The van der Waals surface area contributed by atoms with Gasteiger partial charge in [0.25, 0.3) is 0 Å². The predicted molar refractivity (Wildman–Crippen MR) is 116 cm³/mol. The van der Waals surface area contributed by atoms with Crippen LogP contribution in [0.15, 0.2) is 5.57 Å². The summed E-state index contributed by atoms with van der Waals surface area (Å²) in [7, 11) is 0. The summed E-state index contributed by atoms with van der Waals surface area (Å²) in [6.45, 7) is 29.2. The quantitative estimate of drug-likeness (QED) is 0.641. The second-order valence-corrected chi connectivity index (χ2v) is 7.82. The van der Waals surface area contributed by atoms with Crippen LogP contribution >= 0.6 is 0 Å². The highest BCUT2D eigenvalue weighted by Gasteiger charge is 2.17. The zero-order chi connectivity index (χ0) is 19.2. The zero-order valence-corrected chi connectivity index (χ0v) is 17.7. The summed E-state index contributed by atoms with van der Waals surface area (Å²) in [5.74, 6) is 0.588. The largest absolute Gasteiger partial charge is 0.0908 e. The fourth-order valence-electron chi connectivity index (χ4n) is 4.14. The fourth-order valence-corrected chi connectivity index (χ4v) is 4.14.